The van der Waals surface area contributed by atoms with Crippen molar-refractivity contribution < 1.29 is 0 Å². The molecule has 2 heteroatoms. The molecule has 0 bridgehead atoms. The van der Waals surface area contributed by atoms with E-state index in [1.54, 1.807) is 0 Å². The molecule has 2 nitrogen and oxygen atoms in total. The van der Waals surface area contributed by atoms with Crippen LogP contribution in [0, 0.1) is 0 Å². The van der Waals surface area contributed by atoms with Crippen LogP contribution in [0.2, 0.25) is 0 Å². The molecule has 2 N–H and O–H groups in total. The molecule has 1 aliphatic rings. The molecule has 1 aliphatic carbocycles. The number of unbranched alkanes of at least 4 members (excludes halogenated alkanes) is 5. The van der Waals surface area contributed by atoms with Crippen molar-refractivity contribution in [1.82, 2.24) is 4.90 Å². The number of rotatable bonds is 11. The highest BCUT2D eigenvalue weighted by atomic mass is 15.2. The Bertz CT molecular complexity index is 155. The summed E-state index contributed by atoms with van der Waals surface area (Å²) in [5.74, 6) is 0. The molecule has 0 saturated heterocycles. The van der Waals surface area contributed by atoms with Gasteiger partial charge in [0.05, 0.1) is 0 Å². The van der Waals surface area contributed by atoms with Crippen molar-refractivity contribution >= 4 is 0 Å². The van der Waals surface area contributed by atoms with Gasteiger partial charge in [-0.3, -0.25) is 0 Å². The Hall–Kier alpha value is -0.0800. The molecule has 1 rings (SSSR count). The van der Waals surface area contributed by atoms with Crippen molar-refractivity contribution in [3.63, 3.8) is 0 Å². The van der Waals surface area contributed by atoms with Crippen LogP contribution >= 0.6 is 0 Å². The fourth-order valence-corrected chi connectivity index (χ4v) is 2.31. The van der Waals surface area contributed by atoms with Gasteiger partial charge < -0.3 is 10.6 Å². The van der Waals surface area contributed by atoms with Gasteiger partial charge in [0.25, 0.3) is 0 Å². The molecule has 0 aromatic carbocycles. The molecule has 0 unspecified atom stereocenters. The molecule has 0 aromatic rings. The number of hydrogen-bond donors (Lipinski definition) is 1. The van der Waals surface area contributed by atoms with E-state index in [4.69, 9.17) is 5.73 Å². The number of hydrogen-bond acceptors (Lipinski definition) is 2. The molecular weight excluding hydrogens is 196 g/mol. The minimum Gasteiger partial charge on any atom is -0.330 e. The highest BCUT2D eigenvalue weighted by molar-refractivity contribution is 4.84. The van der Waals surface area contributed by atoms with Gasteiger partial charge in [-0.25, -0.2) is 0 Å². The Kier molecular flexibility index (Phi) is 7.87. The second kappa shape index (κ2) is 9.00. The van der Waals surface area contributed by atoms with Crippen molar-refractivity contribution in [2.75, 3.05) is 19.6 Å². The van der Waals surface area contributed by atoms with E-state index in [0.717, 1.165) is 12.6 Å². The second-order valence-corrected chi connectivity index (χ2v) is 5.18. The summed E-state index contributed by atoms with van der Waals surface area (Å²) in [4.78, 5) is 2.67. The van der Waals surface area contributed by atoms with E-state index in [1.165, 1.54) is 70.9 Å². The zero-order valence-electron chi connectivity index (χ0n) is 11.1. The second-order valence-electron chi connectivity index (χ2n) is 5.18. The maximum atomic E-state index is 5.58. The quantitative estimate of drug-likeness (QED) is 0.548. The summed E-state index contributed by atoms with van der Waals surface area (Å²) >= 11 is 0. The molecule has 0 aromatic heterocycles. The first kappa shape index (κ1) is 14.0. The van der Waals surface area contributed by atoms with E-state index in [2.05, 4.69) is 11.8 Å². The summed E-state index contributed by atoms with van der Waals surface area (Å²) in [6.45, 7) is 5.67. The van der Waals surface area contributed by atoms with Gasteiger partial charge in [0.2, 0.25) is 0 Å². The maximum absolute atomic E-state index is 5.58. The predicted octanol–water partition coefficient (Wildman–Crippen LogP) is 3.16. The summed E-state index contributed by atoms with van der Waals surface area (Å²) in [6, 6.07) is 0.919. The van der Waals surface area contributed by atoms with E-state index in [9.17, 15) is 0 Å². The van der Waals surface area contributed by atoms with E-state index in [1.807, 2.05) is 0 Å². The molecule has 0 amide bonds. The predicted molar refractivity (Wildman–Crippen MR) is 71.6 cm³/mol. The summed E-state index contributed by atoms with van der Waals surface area (Å²) in [5, 5.41) is 0. The van der Waals surface area contributed by atoms with Gasteiger partial charge in [-0.15, -0.1) is 0 Å². The van der Waals surface area contributed by atoms with Gasteiger partial charge in [0.1, 0.15) is 0 Å². The van der Waals surface area contributed by atoms with Crippen molar-refractivity contribution in [3.8, 4) is 0 Å². The molecular formula is C14H30N2. The first-order chi connectivity index (χ1) is 7.88. The molecule has 96 valence electrons. The molecule has 1 saturated carbocycles. The fraction of sp³-hybridized carbons (Fsp3) is 1.00. The summed E-state index contributed by atoms with van der Waals surface area (Å²) in [5.41, 5.74) is 5.58. The fourth-order valence-electron chi connectivity index (χ4n) is 2.31. The third kappa shape index (κ3) is 6.49. The third-order valence-corrected chi connectivity index (χ3v) is 3.51. The Morgan fingerprint density at radius 2 is 1.56 bits per heavy atom. The minimum atomic E-state index is 0.847. The summed E-state index contributed by atoms with van der Waals surface area (Å²) in [6.07, 6.45) is 12.5. The lowest BCUT2D eigenvalue weighted by Crippen LogP contribution is -2.29. The van der Waals surface area contributed by atoms with E-state index < -0.39 is 0 Å². The van der Waals surface area contributed by atoms with E-state index in [0.29, 0.717) is 0 Å². The van der Waals surface area contributed by atoms with Crippen molar-refractivity contribution in [2.45, 2.75) is 70.8 Å². The highest BCUT2D eigenvalue weighted by Crippen LogP contribution is 2.27. The van der Waals surface area contributed by atoms with Crippen LogP contribution < -0.4 is 5.73 Å². The maximum Gasteiger partial charge on any atom is 0.00964 e. The van der Waals surface area contributed by atoms with E-state index >= 15 is 0 Å². The van der Waals surface area contributed by atoms with Gasteiger partial charge in [0.15, 0.2) is 0 Å². The number of nitrogens with zero attached hydrogens (tertiary/aromatic N) is 1. The zero-order valence-corrected chi connectivity index (χ0v) is 11.1. The van der Waals surface area contributed by atoms with Crippen LogP contribution in [0.4, 0.5) is 0 Å². The van der Waals surface area contributed by atoms with Gasteiger partial charge in [-0.05, 0) is 45.3 Å². The van der Waals surface area contributed by atoms with Crippen LogP contribution in [0.1, 0.15) is 64.7 Å². The van der Waals surface area contributed by atoms with Crippen LogP contribution in [0.5, 0.6) is 0 Å². The number of nitrogens with two attached hydrogens (primary N) is 1. The summed E-state index contributed by atoms with van der Waals surface area (Å²) in [7, 11) is 0. The van der Waals surface area contributed by atoms with Crippen LogP contribution in [0.15, 0.2) is 0 Å². The van der Waals surface area contributed by atoms with Gasteiger partial charge >= 0.3 is 0 Å². The third-order valence-electron chi connectivity index (χ3n) is 3.51. The summed E-state index contributed by atoms with van der Waals surface area (Å²) < 4.78 is 0. The standard InChI is InChI=1S/C14H30N2/c1-2-3-4-5-6-7-12-16(13-8-11-15)14-9-10-14/h14H,2-13,15H2,1H3. The van der Waals surface area contributed by atoms with E-state index in [-0.39, 0.29) is 0 Å². The first-order valence-electron chi connectivity index (χ1n) is 7.32. The normalized spacial score (nSPS) is 15.9. The van der Waals surface area contributed by atoms with Crippen LogP contribution in [-0.4, -0.2) is 30.6 Å². The molecule has 16 heavy (non-hydrogen) atoms. The first-order valence-corrected chi connectivity index (χ1v) is 7.32. The van der Waals surface area contributed by atoms with Gasteiger partial charge in [-0.1, -0.05) is 39.0 Å². The van der Waals surface area contributed by atoms with Crippen molar-refractivity contribution in [1.29, 1.82) is 0 Å². The Labute approximate surface area is 102 Å². The largest absolute Gasteiger partial charge is 0.330 e. The lowest BCUT2D eigenvalue weighted by Gasteiger charge is -2.21. The molecule has 0 atom stereocenters. The average molecular weight is 226 g/mol. The molecule has 0 aliphatic heterocycles. The lowest BCUT2D eigenvalue weighted by molar-refractivity contribution is 0.255. The Morgan fingerprint density at radius 1 is 0.938 bits per heavy atom. The molecule has 0 spiro atoms. The Morgan fingerprint density at radius 3 is 2.19 bits per heavy atom. The van der Waals surface area contributed by atoms with Crippen LogP contribution in [0.3, 0.4) is 0 Å². The smallest absolute Gasteiger partial charge is 0.00964 e. The SMILES string of the molecule is CCCCCCCCN(CCCN)C1CC1. The highest BCUT2D eigenvalue weighted by Gasteiger charge is 2.27. The molecule has 1 fully saturated rings. The van der Waals surface area contributed by atoms with Crippen LogP contribution in [-0.2, 0) is 0 Å². The van der Waals surface area contributed by atoms with Gasteiger partial charge in [0, 0.05) is 6.04 Å². The monoisotopic (exact) mass is 226 g/mol. The van der Waals surface area contributed by atoms with Crippen molar-refractivity contribution in [2.24, 2.45) is 5.73 Å². The average Bonchev–Trinajstić information content (AvgIpc) is 3.11. The van der Waals surface area contributed by atoms with Crippen molar-refractivity contribution in [3.05, 3.63) is 0 Å². The topological polar surface area (TPSA) is 29.3 Å². The van der Waals surface area contributed by atoms with Gasteiger partial charge in [-0.2, -0.15) is 0 Å². The van der Waals surface area contributed by atoms with Crippen LogP contribution in [0.25, 0.3) is 0 Å². The Balaban J connectivity index is 1.95. The lowest BCUT2D eigenvalue weighted by atomic mass is 10.1. The zero-order chi connectivity index (χ0) is 11.6. The molecule has 0 heterocycles. The molecule has 0 radical (unpaired) electrons. The minimum absolute atomic E-state index is 0.847.